The van der Waals surface area contributed by atoms with Crippen LogP contribution in [0.5, 0.6) is 0 Å². The first-order valence-electron chi connectivity index (χ1n) is 19.9. The topological polar surface area (TPSA) is 175 Å². The Morgan fingerprint density at radius 2 is 1.00 bits per heavy atom. The number of hydrogen-bond donors (Lipinski definition) is 7. The highest BCUT2D eigenvalue weighted by molar-refractivity contribution is 5.94. The molecule has 0 bridgehead atoms. The highest BCUT2D eigenvalue weighted by atomic mass is 16.7. The summed E-state index contributed by atoms with van der Waals surface area (Å²) in [5.41, 5.74) is 5.61. The summed E-state index contributed by atoms with van der Waals surface area (Å²) >= 11 is 0. The Balaban J connectivity index is 2.73. The van der Waals surface area contributed by atoms with Gasteiger partial charge in [-0.2, -0.15) is 0 Å². The largest absolute Gasteiger partial charge is 0.390 e. The molecule has 0 spiro atoms. The van der Waals surface area contributed by atoms with Gasteiger partial charge < -0.3 is 46.1 Å². The number of nitrogens with two attached hydrogens (primary N) is 1. The van der Waals surface area contributed by atoms with E-state index in [1.807, 2.05) is 0 Å². The zero-order valence-corrected chi connectivity index (χ0v) is 34.3. The average molecular weight is 809 g/mol. The van der Waals surface area contributed by atoms with E-state index in [-0.39, 0.29) is 13.0 Å². The molecule has 1 rings (SSSR count). The molecule has 1 fully saturated rings. The molecule has 10 nitrogen and oxygen atoms in total. The first-order valence-corrected chi connectivity index (χ1v) is 19.9. The predicted octanol–water partition coefficient (Wildman–Crippen LogP) is 1.13. The van der Waals surface area contributed by atoms with Gasteiger partial charge in [-0.05, 0) is 108 Å². The van der Waals surface area contributed by atoms with Gasteiger partial charge in [0.25, 0.3) is 5.91 Å². The van der Waals surface area contributed by atoms with Crippen molar-refractivity contribution in [3.63, 3.8) is 0 Å². The lowest BCUT2D eigenvalue weighted by Crippen LogP contribution is -2.61. The number of amides is 1. The second-order valence-corrected chi connectivity index (χ2v) is 13.0. The molecule has 10 heteroatoms. The van der Waals surface area contributed by atoms with Crippen molar-refractivity contribution in [3.05, 3.63) is 0 Å². The number of unbranched alkanes of at least 4 members (excludes halogenated alkanes) is 11. The van der Waals surface area contributed by atoms with Crippen LogP contribution in [-0.4, -0.2) is 93.5 Å². The van der Waals surface area contributed by atoms with E-state index in [1.165, 1.54) is 51.4 Å². The molecule has 0 aromatic carbocycles. The Morgan fingerprint density at radius 3 is 1.42 bits per heavy atom. The molecular formula is C50H52N2O8. The van der Waals surface area contributed by atoms with E-state index in [9.17, 15) is 30.3 Å². The molecule has 8 N–H and O–H groups in total. The highest BCUT2D eigenvalue weighted by Crippen LogP contribution is 2.22. The summed E-state index contributed by atoms with van der Waals surface area (Å²) in [5, 5.41) is 55.1. The summed E-state index contributed by atoms with van der Waals surface area (Å²) in [6, 6.07) is -1.20. The van der Waals surface area contributed by atoms with E-state index in [0.717, 1.165) is 19.3 Å². The van der Waals surface area contributed by atoms with E-state index >= 15 is 0 Å². The van der Waals surface area contributed by atoms with Crippen LogP contribution in [0.2, 0.25) is 0 Å². The maximum atomic E-state index is 12.7. The highest BCUT2D eigenvalue weighted by Gasteiger charge is 2.44. The minimum absolute atomic E-state index is 0.168. The van der Waals surface area contributed by atoms with E-state index < -0.39 is 61.5 Å². The third-order valence-electron chi connectivity index (χ3n) is 8.43. The summed E-state index contributed by atoms with van der Waals surface area (Å²) in [4.78, 5) is 12.7. The van der Waals surface area contributed by atoms with Crippen LogP contribution in [0.4, 0.5) is 0 Å². The smallest absolute Gasteiger partial charge is 0.297 e. The zero-order chi connectivity index (χ0) is 43.9. The van der Waals surface area contributed by atoms with Gasteiger partial charge in [0.2, 0.25) is 0 Å². The van der Waals surface area contributed by atoms with Crippen molar-refractivity contribution in [2.24, 2.45) is 5.73 Å². The number of carbonyl (C=O) groups excluding carboxylic acids is 1. The predicted molar refractivity (Wildman–Crippen MR) is 230 cm³/mol. The molecule has 2 unspecified atom stereocenters. The fourth-order valence-corrected chi connectivity index (χ4v) is 5.29. The number of ether oxygens (including phenoxy) is 2. The molecule has 1 saturated heterocycles. The van der Waals surface area contributed by atoms with Gasteiger partial charge in [-0.15, -0.1) is 0 Å². The lowest BCUT2D eigenvalue weighted by molar-refractivity contribution is -0.296. The first kappa shape index (κ1) is 51.9. The van der Waals surface area contributed by atoms with Crippen molar-refractivity contribution in [1.82, 2.24) is 5.32 Å². The van der Waals surface area contributed by atoms with E-state index in [2.05, 4.69) is 154 Å². The number of carbonyl (C=O) groups is 1. The summed E-state index contributed by atoms with van der Waals surface area (Å²) < 4.78 is 11.1. The van der Waals surface area contributed by atoms with E-state index in [1.54, 1.807) is 6.92 Å². The standard InChI is InChI=1S/C50H52N2O8/c1-3-5-7-9-11-13-15-17-18-19-20-21-22-23-24-25-26-27-29-31-33-35-37-39-45(54)52-42(41-59-50-49(58)48(57)47(56)44(40-51)60-50)46(55)43(53)38-36-34-32-30-28-16-14-12-10-8-6-4-2/h42-44,46-50,53,55-58H,4,6,8,10,12,14,16,28,30,32,34,36,38,40-41,51H2,1-2H3,(H,52,54)/t42-,43+,44?,46-,47-,48-,49?,50-/m0/s1. The zero-order valence-electron chi connectivity index (χ0n) is 34.3. The molecule has 1 aliphatic heterocycles. The molecule has 0 saturated carbocycles. The Kier molecular flexibility index (Phi) is 31.1. The first-order chi connectivity index (χ1) is 29.3. The molecule has 0 aliphatic carbocycles. The quantitative estimate of drug-likeness (QED) is 0.0703. The normalized spacial score (nSPS) is 17.8. The number of rotatable bonds is 20. The van der Waals surface area contributed by atoms with Gasteiger partial charge in [-0.1, -0.05) is 89.9 Å². The summed E-state index contributed by atoms with van der Waals surface area (Å²) in [6.07, 6.45) is 4.18. The second kappa shape index (κ2) is 36.0. The summed E-state index contributed by atoms with van der Waals surface area (Å²) in [5.74, 6) is 58.6. The SMILES string of the molecule is CC#CC#CC#CC#CC#CC#CC#CC#CC#CC#CC#CC#CC(=O)N[C@@H](CO[C@H]1OC(CN)[C@H](O)[C@H](O)C1O)[C@H](O)[C@H](O)CCCCCCCCCCCCCC. The number of nitrogens with one attached hydrogen (secondary N) is 1. The third-order valence-corrected chi connectivity index (χ3v) is 8.43. The van der Waals surface area contributed by atoms with Crippen molar-refractivity contribution in [3.8, 4) is 142 Å². The minimum atomic E-state index is -1.65. The van der Waals surface area contributed by atoms with Crippen molar-refractivity contribution in [2.45, 2.75) is 146 Å². The number of aliphatic hydroxyl groups excluding tert-OH is 5. The van der Waals surface area contributed by atoms with Crippen molar-refractivity contribution in [2.75, 3.05) is 13.2 Å². The van der Waals surface area contributed by atoms with Crippen molar-refractivity contribution >= 4 is 5.91 Å². The van der Waals surface area contributed by atoms with Gasteiger partial charge in [-0.3, -0.25) is 4.79 Å². The lowest BCUT2D eigenvalue weighted by atomic mass is 9.98. The van der Waals surface area contributed by atoms with Crippen molar-refractivity contribution in [1.29, 1.82) is 0 Å². The summed E-state index contributed by atoms with van der Waals surface area (Å²) in [7, 11) is 0. The maximum Gasteiger partial charge on any atom is 0.297 e. The Morgan fingerprint density at radius 1 is 0.600 bits per heavy atom. The molecule has 0 aromatic rings. The Bertz CT molecular complexity index is 2140. The summed E-state index contributed by atoms with van der Waals surface area (Å²) in [6.45, 7) is 3.28. The molecule has 0 radical (unpaired) electrons. The van der Waals surface area contributed by atoms with Crippen LogP contribution in [0.3, 0.4) is 0 Å². The minimum Gasteiger partial charge on any atom is -0.390 e. The maximum absolute atomic E-state index is 12.7. The molecule has 1 amide bonds. The molecule has 0 aromatic heterocycles. The van der Waals surface area contributed by atoms with Gasteiger partial charge in [0.05, 0.1) is 18.8 Å². The fourth-order valence-electron chi connectivity index (χ4n) is 5.29. The molecule has 1 heterocycles. The molecule has 8 atom stereocenters. The Labute approximate surface area is 357 Å². The molecule has 310 valence electrons. The van der Waals surface area contributed by atoms with Crippen LogP contribution in [0, 0.1) is 142 Å². The fraction of sp³-hybridized carbons (Fsp3) is 0.500. The van der Waals surface area contributed by atoms with E-state index in [4.69, 9.17) is 15.2 Å². The number of aliphatic hydroxyl groups is 5. The average Bonchev–Trinajstić information content (AvgIpc) is 3.25. The van der Waals surface area contributed by atoms with Crippen LogP contribution in [-0.2, 0) is 14.3 Å². The van der Waals surface area contributed by atoms with Crippen LogP contribution in [0.1, 0.15) is 97.3 Å². The van der Waals surface area contributed by atoms with Crippen LogP contribution in [0.15, 0.2) is 0 Å². The van der Waals surface area contributed by atoms with Gasteiger partial charge in [-0.25, -0.2) is 0 Å². The van der Waals surface area contributed by atoms with Gasteiger partial charge in [0.15, 0.2) is 6.29 Å². The van der Waals surface area contributed by atoms with Gasteiger partial charge >= 0.3 is 0 Å². The second-order valence-electron chi connectivity index (χ2n) is 13.0. The monoisotopic (exact) mass is 808 g/mol. The molecular weight excluding hydrogens is 757 g/mol. The van der Waals surface area contributed by atoms with Gasteiger partial charge in [0, 0.05) is 48.0 Å². The molecule has 60 heavy (non-hydrogen) atoms. The van der Waals surface area contributed by atoms with Gasteiger partial charge in [0.1, 0.15) is 30.5 Å². The van der Waals surface area contributed by atoms with Crippen LogP contribution < -0.4 is 11.1 Å². The third kappa shape index (κ3) is 26.0. The molecule has 1 aliphatic rings. The van der Waals surface area contributed by atoms with E-state index in [0.29, 0.717) is 6.42 Å². The van der Waals surface area contributed by atoms with Crippen molar-refractivity contribution < 1.29 is 39.8 Å². The lowest BCUT2D eigenvalue weighted by Gasteiger charge is -2.40. The van der Waals surface area contributed by atoms with Crippen LogP contribution >= 0.6 is 0 Å². The Hall–Kier alpha value is -6.13. The van der Waals surface area contributed by atoms with Crippen LogP contribution in [0.25, 0.3) is 0 Å². The number of hydrogen-bond acceptors (Lipinski definition) is 9.